The van der Waals surface area contributed by atoms with Crippen LogP contribution in [-0.2, 0) is 17.8 Å². The number of aliphatic hydroxyl groups is 1. The summed E-state index contributed by atoms with van der Waals surface area (Å²) >= 11 is 0. The standard InChI is InChI=1S/C19H22O4/c1-21-18-10-15(9-16-11-19(20)23-13-16)7-8-17(18)22-12-14-5-3-2-4-6-14/h2-8,10,16,19-20H,9,11-13H2,1H3/t16-,19?/m1/s1. The summed E-state index contributed by atoms with van der Waals surface area (Å²) in [5.74, 6) is 1.83. The average Bonchev–Trinajstić information content (AvgIpc) is 2.99. The number of ether oxygens (including phenoxy) is 3. The third-order valence-corrected chi connectivity index (χ3v) is 4.05. The van der Waals surface area contributed by atoms with Crippen LogP contribution in [0.25, 0.3) is 0 Å². The van der Waals surface area contributed by atoms with E-state index >= 15 is 0 Å². The Balaban J connectivity index is 1.64. The van der Waals surface area contributed by atoms with Crippen molar-refractivity contribution in [1.82, 2.24) is 0 Å². The Morgan fingerprint density at radius 3 is 2.61 bits per heavy atom. The van der Waals surface area contributed by atoms with Crippen LogP contribution in [0.15, 0.2) is 48.5 Å². The highest BCUT2D eigenvalue weighted by Gasteiger charge is 2.23. The quantitative estimate of drug-likeness (QED) is 0.889. The summed E-state index contributed by atoms with van der Waals surface area (Å²) in [5, 5.41) is 9.43. The van der Waals surface area contributed by atoms with Crippen molar-refractivity contribution in [2.75, 3.05) is 13.7 Å². The van der Waals surface area contributed by atoms with Crippen LogP contribution >= 0.6 is 0 Å². The summed E-state index contributed by atoms with van der Waals surface area (Å²) < 4.78 is 16.5. The molecule has 4 heteroatoms. The van der Waals surface area contributed by atoms with Crippen LogP contribution in [0.5, 0.6) is 11.5 Å². The summed E-state index contributed by atoms with van der Waals surface area (Å²) in [7, 11) is 1.65. The minimum atomic E-state index is -0.615. The molecule has 0 aliphatic carbocycles. The molecule has 0 amide bonds. The maximum atomic E-state index is 9.43. The van der Waals surface area contributed by atoms with Crippen molar-refractivity contribution < 1.29 is 19.3 Å². The first kappa shape index (κ1) is 15.8. The van der Waals surface area contributed by atoms with Crippen LogP contribution in [-0.4, -0.2) is 25.1 Å². The van der Waals surface area contributed by atoms with E-state index in [1.165, 1.54) is 0 Å². The first-order valence-electron chi connectivity index (χ1n) is 7.88. The van der Waals surface area contributed by atoms with E-state index in [-0.39, 0.29) is 0 Å². The lowest BCUT2D eigenvalue weighted by Gasteiger charge is -2.13. The molecule has 1 aliphatic rings. The lowest BCUT2D eigenvalue weighted by Crippen LogP contribution is -2.05. The second-order valence-electron chi connectivity index (χ2n) is 5.85. The summed E-state index contributed by atoms with van der Waals surface area (Å²) in [6.07, 6.45) is 0.941. The fraction of sp³-hybridized carbons (Fsp3) is 0.368. The topological polar surface area (TPSA) is 47.9 Å². The van der Waals surface area contributed by atoms with Gasteiger partial charge in [-0.15, -0.1) is 0 Å². The number of hydrogen-bond acceptors (Lipinski definition) is 4. The molecule has 0 saturated carbocycles. The molecule has 23 heavy (non-hydrogen) atoms. The fourth-order valence-electron chi connectivity index (χ4n) is 2.84. The molecule has 1 heterocycles. The second kappa shape index (κ2) is 7.49. The molecular weight excluding hydrogens is 292 g/mol. The average molecular weight is 314 g/mol. The summed E-state index contributed by atoms with van der Waals surface area (Å²) in [5.41, 5.74) is 2.28. The van der Waals surface area contributed by atoms with Crippen molar-refractivity contribution in [3.63, 3.8) is 0 Å². The number of methoxy groups -OCH3 is 1. The lowest BCUT2D eigenvalue weighted by atomic mass is 9.98. The Bertz CT molecular complexity index is 627. The first-order valence-corrected chi connectivity index (χ1v) is 7.88. The SMILES string of the molecule is COc1cc(C[C@H]2COC(O)C2)ccc1OCc1ccccc1. The number of hydrogen-bond donors (Lipinski definition) is 1. The van der Waals surface area contributed by atoms with Crippen LogP contribution in [0, 0.1) is 5.92 Å². The van der Waals surface area contributed by atoms with Gasteiger partial charge >= 0.3 is 0 Å². The van der Waals surface area contributed by atoms with E-state index < -0.39 is 6.29 Å². The number of benzene rings is 2. The Labute approximate surface area is 136 Å². The van der Waals surface area contributed by atoms with Gasteiger partial charge in [-0.25, -0.2) is 0 Å². The van der Waals surface area contributed by atoms with Crippen molar-refractivity contribution in [1.29, 1.82) is 0 Å². The van der Waals surface area contributed by atoms with Gasteiger partial charge in [0, 0.05) is 6.42 Å². The van der Waals surface area contributed by atoms with Gasteiger partial charge in [0.25, 0.3) is 0 Å². The summed E-state index contributed by atoms with van der Waals surface area (Å²) in [6.45, 7) is 1.12. The maximum absolute atomic E-state index is 9.43. The molecule has 1 N–H and O–H groups in total. The molecule has 2 aromatic rings. The largest absolute Gasteiger partial charge is 0.493 e. The van der Waals surface area contributed by atoms with E-state index in [2.05, 4.69) is 0 Å². The molecule has 2 atom stereocenters. The zero-order valence-corrected chi connectivity index (χ0v) is 13.3. The molecule has 0 bridgehead atoms. The Morgan fingerprint density at radius 2 is 1.91 bits per heavy atom. The van der Waals surface area contributed by atoms with Gasteiger partial charge < -0.3 is 19.3 Å². The fourth-order valence-corrected chi connectivity index (χ4v) is 2.84. The Hall–Kier alpha value is -2.04. The second-order valence-corrected chi connectivity index (χ2v) is 5.85. The molecule has 1 aliphatic heterocycles. The molecular formula is C19H22O4. The van der Waals surface area contributed by atoms with Crippen molar-refractivity contribution in [3.8, 4) is 11.5 Å². The van der Waals surface area contributed by atoms with E-state index in [1.807, 2.05) is 48.5 Å². The van der Waals surface area contributed by atoms with Gasteiger partial charge in [-0.05, 0) is 35.6 Å². The van der Waals surface area contributed by atoms with Crippen LogP contribution in [0.1, 0.15) is 17.5 Å². The molecule has 0 aromatic heterocycles. The highest BCUT2D eigenvalue weighted by atomic mass is 16.6. The number of rotatable bonds is 6. The zero-order valence-electron chi connectivity index (χ0n) is 13.3. The Kier molecular flexibility index (Phi) is 5.16. The summed E-state index contributed by atoms with van der Waals surface area (Å²) in [6, 6.07) is 16.1. The minimum absolute atomic E-state index is 0.353. The van der Waals surface area contributed by atoms with Crippen LogP contribution < -0.4 is 9.47 Å². The van der Waals surface area contributed by atoms with Crippen LogP contribution in [0.3, 0.4) is 0 Å². The van der Waals surface area contributed by atoms with Crippen molar-refractivity contribution in [3.05, 3.63) is 59.7 Å². The normalized spacial score (nSPS) is 20.4. The van der Waals surface area contributed by atoms with E-state index in [0.29, 0.717) is 25.6 Å². The van der Waals surface area contributed by atoms with E-state index in [9.17, 15) is 5.11 Å². The van der Waals surface area contributed by atoms with E-state index in [1.54, 1.807) is 7.11 Å². The van der Waals surface area contributed by atoms with E-state index in [4.69, 9.17) is 14.2 Å². The minimum Gasteiger partial charge on any atom is -0.493 e. The van der Waals surface area contributed by atoms with Crippen molar-refractivity contribution in [2.45, 2.75) is 25.7 Å². The van der Waals surface area contributed by atoms with Gasteiger partial charge in [0.1, 0.15) is 6.61 Å². The van der Waals surface area contributed by atoms with E-state index in [0.717, 1.165) is 29.0 Å². The molecule has 1 saturated heterocycles. The zero-order chi connectivity index (χ0) is 16.1. The van der Waals surface area contributed by atoms with Gasteiger partial charge in [0.05, 0.1) is 13.7 Å². The van der Waals surface area contributed by atoms with Gasteiger partial charge in [0.2, 0.25) is 0 Å². The maximum Gasteiger partial charge on any atom is 0.161 e. The van der Waals surface area contributed by atoms with Gasteiger partial charge in [-0.3, -0.25) is 0 Å². The molecule has 0 radical (unpaired) electrons. The van der Waals surface area contributed by atoms with Crippen molar-refractivity contribution >= 4 is 0 Å². The predicted octanol–water partition coefficient (Wildman–Crippen LogP) is 3.17. The molecule has 0 spiro atoms. The molecule has 4 nitrogen and oxygen atoms in total. The van der Waals surface area contributed by atoms with Gasteiger partial charge in [0.15, 0.2) is 17.8 Å². The summed E-state index contributed by atoms with van der Waals surface area (Å²) in [4.78, 5) is 0. The van der Waals surface area contributed by atoms with Gasteiger partial charge in [-0.1, -0.05) is 36.4 Å². The third-order valence-electron chi connectivity index (χ3n) is 4.05. The molecule has 1 unspecified atom stereocenters. The van der Waals surface area contributed by atoms with Crippen LogP contribution in [0.4, 0.5) is 0 Å². The van der Waals surface area contributed by atoms with Crippen molar-refractivity contribution in [2.24, 2.45) is 5.92 Å². The number of aliphatic hydroxyl groups excluding tert-OH is 1. The molecule has 2 aromatic carbocycles. The van der Waals surface area contributed by atoms with Gasteiger partial charge in [-0.2, -0.15) is 0 Å². The third kappa shape index (κ3) is 4.24. The predicted molar refractivity (Wildman–Crippen MR) is 87.5 cm³/mol. The molecule has 122 valence electrons. The monoisotopic (exact) mass is 314 g/mol. The molecule has 3 rings (SSSR count). The molecule has 1 fully saturated rings. The highest BCUT2D eigenvalue weighted by Crippen LogP contribution is 2.31. The Morgan fingerprint density at radius 1 is 1.09 bits per heavy atom. The highest BCUT2D eigenvalue weighted by molar-refractivity contribution is 5.43. The lowest BCUT2D eigenvalue weighted by molar-refractivity contribution is -0.0591. The first-order chi connectivity index (χ1) is 11.2. The van der Waals surface area contributed by atoms with Crippen LogP contribution in [0.2, 0.25) is 0 Å². The smallest absolute Gasteiger partial charge is 0.161 e.